The van der Waals surface area contributed by atoms with Crippen molar-refractivity contribution in [1.29, 1.82) is 0 Å². The van der Waals surface area contributed by atoms with Crippen molar-refractivity contribution in [3.8, 4) is 0 Å². The van der Waals surface area contributed by atoms with Gasteiger partial charge in [0.2, 0.25) is 0 Å². The fourth-order valence-corrected chi connectivity index (χ4v) is 2.13. The van der Waals surface area contributed by atoms with Crippen molar-refractivity contribution in [3.63, 3.8) is 0 Å². The molecule has 1 rings (SSSR count). The Morgan fingerprint density at radius 1 is 1.17 bits per heavy atom. The van der Waals surface area contributed by atoms with Crippen molar-refractivity contribution in [3.05, 3.63) is 41.4 Å². The van der Waals surface area contributed by atoms with Gasteiger partial charge in [-0.3, -0.25) is 9.59 Å². The lowest BCUT2D eigenvalue weighted by Gasteiger charge is -2.26. The van der Waals surface area contributed by atoms with E-state index in [2.05, 4.69) is 0 Å². The summed E-state index contributed by atoms with van der Waals surface area (Å²) in [4.78, 5) is 27.8. The minimum Gasteiger partial charge on any atom is -0.401 e. The molecule has 0 aliphatic rings. The summed E-state index contributed by atoms with van der Waals surface area (Å²) >= 11 is 0. The molecule has 0 radical (unpaired) electrons. The molecule has 0 aromatic heterocycles. The molecular weight excluding hydrogens is 297 g/mol. The van der Waals surface area contributed by atoms with E-state index in [1.807, 2.05) is 19.0 Å². The molecule has 5 nitrogen and oxygen atoms in total. The Kier molecular flexibility index (Phi) is 6.90. The number of rotatable bonds is 7. The van der Waals surface area contributed by atoms with Crippen LogP contribution in [-0.4, -0.2) is 43.8 Å². The van der Waals surface area contributed by atoms with Crippen molar-refractivity contribution < 1.29 is 14.0 Å². The van der Waals surface area contributed by atoms with Gasteiger partial charge in [0.15, 0.2) is 5.78 Å². The maximum Gasteiger partial charge on any atom is 0.263 e. The molecule has 0 aliphatic heterocycles. The molecule has 6 heteroatoms. The number of hydrogen-bond acceptors (Lipinski definition) is 4. The van der Waals surface area contributed by atoms with E-state index in [0.717, 1.165) is 0 Å². The molecule has 0 spiro atoms. The molecule has 126 valence electrons. The predicted octanol–water partition coefficient (Wildman–Crippen LogP) is 1.93. The van der Waals surface area contributed by atoms with E-state index >= 15 is 0 Å². The summed E-state index contributed by atoms with van der Waals surface area (Å²) in [7, 11) is 3.71. The van der Waals surface area contributed by atoms with Crippen molar-refractivity contribution in [2.45, 2.75) is 20.3 Å². The third-order valence-electron chi connectivity index (χ3n) is 3.43. The Morgan fingerprint density at radius 2 is 1.78 bits per heavy atom. The molecule has 0 aliphatic carbocycles. The average Bonchev–Trinajstić information content (AvgIpc) is 2.48. The van der Waals surface area contributed by atoms with Crippen molar-refractivity contribution in [2.24, 2.45) is 5.73 Å². The smallest absolute Gasteiger partial charge is 0.263 e. The van der Waals surface area contributed by atoms with Crippen molar-refractivity contribution in [2.75, 3.05) is 32.1 Å². The normalized spacial score (nSPS) is 12.1. The number of Topliss-reactive ketones (excluding diaryl/α,β-unsaturated/α-hetero) is 1. The lowest BCUT2D eigenvalue weighted by atomic mass is 10.1. The molecule has 1 aromatic carbocycles. The van der Waals surface area contributed by atoms with Gasteiger partial charge in [-0.25, -0.2) is 4.39 Å². The van der Waals surface area contributed by atoms with Crippen molar-refractivity contribution >= 4 is 17.4 Å². The molecule has 0 bridgehead atoms. The van der Waals surface area contributed by atoms with Gasteiger partial charge in [0.1, 0.15) is 11.4 Å². The molecule has 1 amide bonds. The Hall–Kier alpha value is -2.21. The van der Waals surface area contributed by atoms with Crippen LogP contribution in [0.25, 0.3) is 0 Å². The number of hydrogen-bond donors (Lipinski definition) is 1. The highest BCUT2D eigenvalue weighted by Gasteiger charge is 2.26. The van der Waals surface area contributed by atoms with Gasteiger partial charge >= 0.3 is 0 Å². The zero-order valence-electron chi connectivity index (χ0n) is 14.1. The number of para-hydroxylation sites is 1. The van der Waals surface area contributed by atoms with E-state index in [1.165, 1.54) is 24.0 Å². The molecule has 23 heavy (non-hydrogen) atoms. The Morgan fingerprint density at radius 3 is 2.26 bits per heavy atom. The number of likely N-dealkylation sites (N-methyl/N-ethyl adjacent to an activating group) is 1. The van der Waals surface area contributed by atoms with E-state index in [1.54, 1.807) is 19.1 Å². The second-order valence-electron chi connectivity index (χ2n) is 5.52. The number of nitrogens with two attached hydrogens (primary N) is 1. The Bertz CT molecular complexity index is 612. The molecule has 0 saturated heterocycles. The third kappa shape index (κ3) is 4.89. The second kappa shape index (κ2) is 8.43. The maximum atomic E-state index is 14.1. The first-order valence-electron chi connectivity index (χ1n) is 7.50. The number of ketones is 1. The monoisotopic (exact) mass is 321 g/mol. The largest absolute Gasteiger partial charge is 0.401 e. The average molecular weight is 321 g/mol. The zero-order chi connectivity index (χ0) is 17.6. The van der Waals surface area contributed by atoms with Crippen molar-refractivity contribution in [1.82, 2.24) is 4.90 Å². The quantitative estimate of drug-likeness (QED) is 0.473. The van der Waals surface area contributed by atoms with Gasteiger partial charge in [-0.05, 0) is 39.6 Å². The van der Waals surface area contributed by atoms with Crippen LogP contribution >= 0.6 is 0 Å². The minimum atomic E-state index is -0.566. The number of carbonyl (C=O) groups excluding carboxylic acids is 2. The van der Waals surface area contributed by atoms with Crippen LogP contribution in [0.1, 0.15) is 20.3 Å². The molecule has 0 heterocycles. The van der Waals surface area contributed by atoms with Gasteiger partial charge in [0, 0.05) is 18.8 Å². The highest BCUT2D eigenvalue weighted by Crippen LogP contribution is 2.22. The fraction of sp³-hybridized carbons (Fsp3) is 0.412. The van der Waals surface area contributed by atoms with E-state index in [9.17, 15) is 14.0 Å². The Labute approximate surface area is 136 Å². The van der Waals surface area contributed by atoms with Gasteiger partial charge in [-0.2, -0.15) is 0 Å². The standard InChI is InChI=1S/C17H24FN3O2/c1-5-14(19)16(12(2)22)17(23)21(11-10-20(3)4)15-9-7-6-8-13(15)18/h6-9H,5,10-11,19H2,1-4H3/b16-14-. The SMILES string of the molecule is CC/C(N)=C(\C(C)=O)C(=O)N(CCN(C)C)c1ccccc1F. The number of anilines is 1. The van der Waals surface area contributed by atoms with Crippen LogP contribution < -0.4 is 10.6 Å². The van der Waals surface area contributed by atoms with E-state index in [0.29, 0.717) is 13.0 Å². The number of halogens is 1. The Balaban J connectivity index is 3.31. The molecule has 0 saturated carbocycles. The first-order valence-corrected chi connectivity index (χ1v) is 7.50. The van der Waals surface area contributed by atoms with Gasteiger partial charge in [-0.1, -0.05) is 19.1 Å². The summed E-state index contributed by atoms with van der Waals surface area (Å²) in [5, 5.41) is 0. The topological polar surface area (TPSA) is 66.6 Å². The highest BCUT2D eigenvalue weighted by atomic mass is 19.1. The summed E-state index contributed by atoms with van der Waals surface area (Å²) in [6.07, 6.45) is 0.374. The number of carbonyl (C=O) groups is 2. The van der Waals surface area contributed by atoms with Gasteiger partial charge < -0.3 is 15.5 Å². The van der Waals surface area contributed by atoms with Crippen LogP contribution in [0.4, 0.5) is 10.1 Å². The van der Waals surface area contributed by atoms with E-state index in [-0.39, 0.29) is 23.5 Å². The summed E-state index contributed by atoms with van der Waals surface area (Å²) in [6, 6.07) is 6.00. The van der Waals surface area contributed by atoms with Gasteiger partial charge in [0.05, 0.1) is 5.69 Å². The molecule has 0 fully saturated rings. The molecule has 1 aromatic rings. The van der Waals surface area contributed by atoms with Crippen LogP contribution in [-0.2, 0) is 9.59 Å². The van der Waals surface area contributed by atoms with Crippen LogP contribution in [0.15, 0.2) is 35.5 Å². The lowest BCUT2D eigenvalue weighted by molar-refractivity contribution is -0.120. The van der Waals surface area contributed by atoms with Gasteiger partial charge in [-0.15, -0.1) is 0 Å². The molecule has 2 N–H and O–H groups in total. The second-order valence-corrected chi connectivity index (χ2v) is 5.52. The van der Waals surface area contributed by atoms with Crippen LogP contribution in [0.3, 0.4) is 0 Å². The summed E-state index contributed by atoms with van der Waals surface area (Å²) < 4.78 is 14.1. The third-order valence-corrected chi connectivity index (χ3v) is 3.43. The first kappa shape index (κ1) is 18.8. The van der Waals surface area contributed by atoms with E-state index < -0.39 is 17.5 Å². The highest BCUT2D eigenvalue weighted by molar-refractivity contribution is 6.24. The van der Waals surface area contributed by atoms with Crippen LogP contribution in [0, 0.1) is 5.82 Å². The number of nitrogens with zero attached hydrogens (tertiary/aromatic N) is 2. The lowest BCUT2D eigenvalue weighted by Crippen LogP contribution is -2.40. The molecule has 0 atom stereocenters. The molecular formula is C17H24FN3O2. The molecule has 0 unspecified atom stereocenters. The number of allylic oxidation sites excluding steroid dienone is 1. The zero-order valence-corrected chi connectivity index (χ0v) is 14.1. The van der Waals surface area contributed by atoms with Gasteiger partial charge in [0.25, 0.3) is 5.91 Å². The predicted molar refractivity (Wildman–Crippen MR) is 89.5 cm³/mol. The summed E-state index contributed by atoms with van der Waals surface area (Å²) in [5.41, 5.74) is 6.12. The summed E-state index contributed by atoms with van der Waals surface area (Å²) in [5.74, 6) is -1.50. The van der Waals surface area contributed by atoms with Crippen LogP contribution in [0.2, 0.25) is 0 Å². The fourth-order valence-electron chi connectivity index (χ4n) is 2.13. The number of amides is 1. The minimum absolute atomic E-state index is 0.0745. The number of benzene rings is 1. The van der Waals surface area contributed by atoms with E-state index in [4.69, 9.17) is 5.73 Å². The maximum absolute atomic E-state index is 14.1. The van der Waals surface area contributed by atoms with Crippen LogP contribution in [0.5, 0.6) is 0 Å². The first-order chi connectivity index (χ1) is 10.8. The summed E-state index contributed by atoms with van der Waals surface area (Å²) in [6.45, 7) is 3.83.